The number of fused-ring (bicyclic) bond motifs is 1. The number of halogens is 1. The Kier molecular flexibility index (Phi) is 7.88. The first-order valence-electron chi connectivity index (χ1n) is 13.7. The molecule has 1 aromatic heterocycles. The van der Waals surface area contributed by atoms with Gasteiger partial charge in [0.25, 0.3) is 5.78 Å². The van der Waals surface area contributed by atoms with E-state index >= 15 is 0 Å². The van der Waals surface area contributed by atoms with Crippen LogP contribution < -0.4 is 14.4 Å². The average Bonchev–Trinajstić information content (AvgIpc) is 3.54. The molecule has 1 N–H and O–H groups in total. The molecule has 9 heteroatoms. The molecule has 0 aliphatic carbocycles. The van der Waals surface area contributed by atoms with Gasteiger partial charge in [-0.15, -0.1) is 0 Å². The number of aromatic nitrogens is 1. The zero-order valence-corrected chi connectivity index (χ0v) is 25.0. The average molecular weight is 611 g/mol. The lowest BCUT2D eigenvalue weighted by Gasteiger charge is -2.24. The number of carbonyl (C=O) groups is 2. The summed E-state index contributed by atoms with van der Waals surface area (Å²) in [6, 6.07) is 26.3. The highest BCUT2D eigenvalue weighted by molar-refractivity contribution is 7.22. The molecule has 2 heterocycles. The lowest BCUT2D eigenvalue weighted by atomic mass is 9.95. The van der Waals surface area contributed by atoms with Crippen molar-refractivity contribution in [2.45, 2.75) is 26.5 Å². The minimum atomic E-state index is -0.972. The van der Waals surface area contributed by atoms with Crippen molar-refractivity contribution < 1.29 is 24.2 Å². The van der Waals surface area contributed by atoms with E-state index in [0.29, 0.717) is 51.5 Å². The number of hydrogen-bond donors (Lipinski definition) is 1. The minimum absolute atomic E-state index is 0.0526. The fourth-order valence-corrected chi connectivity index (χ4v) is 6.27. The Morgan fingerprint density at radius 2 is 1.72 bits per heavy atom. The summed E-state index contributed by atoms with van der Waals surface area (Å²) in [5, 5.41) is 12.3. The summed E-state index contributed by atoms with van der Waals surface area (Å²) in [6.45, 7) is 4.55. The molecule has 0 saturated carbocycles. The SMILES string of the molecule is CCOc1cc(C2C(=C(O)c3ccc(Cl)cc3)C(=O)C(=O)N2c2nc3ccc(C)cc3s2)ccc1OCc1ccccc1. The van der Waals surface area contributed by atoms with Gasteiger partial charge >= 0.3 is 5.91 Å². The second-order valence-corrected chi connectivity index (χ2v) is 11.5. The Bertz CT molecular complexity index is 1870. The van der Waals surface area contributed by atoms with E-state index < -0.39 is 17.7 Å². The van der Waals surface area contributed by atoms with Crippen LogP contribution in [0.2, 0.25) is 5.02 Å². The zero-order chi connectivity index (χ0) is 30.1. The monoisotopic (exact) mass is 610 g/mol. The van der Waals surface area contributed by atoms with E-state index in [2.05, 4.69) is 0 Å². The Morgan fingerprint density at radius 1 is 0.953 bits per heavy atom. The third kappa shape index (κ3) is 5.59. The zero-order valence-electron chi connectivity index (χ0n) is 23.4. The maximum Gasteiger partial charge on any atom is 0.301 e. The third-order valence-electron chi connectivity index (χ3n) is 7.12. The maximum absolute atomic E-state index is 13.7. The first-order valence-corrected chi connectivity index (χ1v) is 14.9. The molecule has 43 heavy (non-hydrogen) atoms. The van der Waals surface area contributed by atoms with Crippen LogP contribution in [0.1, 0.15) is 35.2 Å². The topological polar surface area (TPSA) is 89.0 Å². The number of hydrogen-bond acceptors (Lipinski definition) is 7. The predicted octanol–water partition coefficient (Wildman–Crippen LogP) is 7.86. The van der Waals surface area contributed by atoms with E-state index in [9.17, 15) is 14.7 Å². The summed E-state index contributed by atoms with van der Waals surface area (Å²) in [6.07, 6.45) is 0. The molecule has 1 fully saturated rings. The van der Waals surface area contributed by atoms with E-state index in [4.69, 9.17) is 26.1 Å². The van der Waals surface area contributed by atoms with Crippen LogP contribution in [0.5, 0.6) is 11.5 Å². The van der Waals surface area contributed by atoms with Crippen LogP contribution in [-0.4, -0.2) is 28.4 Å². The number of aliphatic hydroxyl groups excluding tert-OH is 1. The summed E-state index contributed by atoms with van der Waals surface area (Å²) in [7, 11) is 0. The number of thiazole rings is 1. The molecule has 4 aromatic carbocycles. The molecule has 7 nitrogen and oxygen atoms in total. The molecule has 1 saturated heterocycles. The second-order valence-electron chi connectivity index (χ2n) is 10.1. The van der Waals surface area contributed by atoms with Gasteiger partial charge < -0.3 is 14.6 Å². The van der Waals surface area contributed by atoms with Gasteiger partial charge in [-0.2, -0.15) is 0 Å². The summed E-state index contributed by atoms with van der Waals surface area (Å²) in [5.41, 5.74) is 3.63. The lowest BCUT2D eigenvalue weighted by molar-refractivity contribution is -0.132. The highest BCUT2D eigenvalue weighted by Gasteiger charge is 2.48. The highest BCUT2D eigenvalue weighted by atomic mass is 35.5. The van der Waals surface area contributed by atoms with Crippen LogP contribution >= 0.6 is 22.9 Å². The normalized spacial score (nSPS) is 16.2. The van der Waals surface area contributed by atoms with Gasteiger partial charge in [0.2, 0.25) is 0 Å². The van der Waals surface area contributed by atoms with Crippen LogP contribution in [0.15, 0.2) is 96.6 Å². The van der Waals surface area contributed by atoms with Crippen molar-refractivity contribution in [3.63, 3.8) is 0 Å². The molecule has 0 radical (unpaired) electrons. The summed E-state index contributed by atoms with van der Waals surface area (Å²) >= 11 is 7.38. The highest BCUT2D eigenvalue weighted by Crippen LogP contribution is 2.46. The Hall–Kier alpha value is -4.66. The number of benzene rings is 4. The van der Waals surface area contributed by atoms with E-state index in [1.165, 1.54) is 16.2 Å². The molecule has 1 aliphatic rings. The van der Waals surface area contributed by atoms with Crippen LogP contribution in [0.3, 0.4) is 0 Å². The number of rotatable bonds is 8. The third-order valence-corrected chi connectivity index (χ3v) is 8.39. The van der Waals surface area contributed by atoms with Crippen molar-refractivity contribution >= 4 is 55.7 Å². The molecule has 1 aliphatic heterocycles. The van der Waals surface area contributed by atoms with Crippen molar-refractivity contribution in [3.8, 4) is 11.5 Å². The first kappa shape index (κ1) is 28.5. The standard InChI is InChI=1S/C34H27ClN2O5S/c1-3-41-27-18-23(12-16-26(27)42-19-21-7-5-4-6-8-21)30-29(31(38)22-10-13-24(35)14-11-22)32(39)33(40)37(30)34-36-25-15-9-20(2)17-28(25)43-34/h4-18,30,38H,3,19H2,1-2H3. The second kappa shape index (κ2) is 11.9. The Balaban J connectivity index is 1.49. The van der Waals surface area contributed by atoms with E-state index in [1.807, 2.05) is 62.4 Å². The molecule has 0 spiro atoms. The summed E-state index contributed by atoms with van der Waals surface area (Å²) in [4.78, 5) is 33.4. The number of aliphatic hydroxyl groups is 1. The molecule has 0 bridgehead atoms. The van der Waals surface area contributed by atoms with Crippen LogP contribution in [-0.2, 0) is 16.2 Å². The quantitative estimate of drug-likeness (QED) is 0.109. The molecule has 216 valence electrons. The largest absolute Gasteiger partial charge is 0.507 e. The number of nitrogens with zero attached hydrogens (tertiary/aromatic N) is 2. The van der Waals surface area contributed by atoms with Gasteiger partial charge in [-0.1, -0.05) is 65.4 Å². The van der Waals surface area contributed by atoms with Gasteiger partial charge in [-0.05, 0) is 79.1 Å². The van der Waals surface area contributed by atoms with E-state index in [0.717, 1.165) is 15.8 Å². The number of carbonyl (C=O) groups excluding carboxylic acids is 2. The van der Waals surface area contributed by atoms with E-state index in [-0.39, 0.29) is 11.3 Å². The predicted molar refractivity (Wildman–Crippen MR) is 169 cm³/mol. The fraction of sp³-hybridized carbons (Fsp3) is 0.147. The Morgan fingerprint density at radius 3 is 2.47 bits per heavy atom. The minimum Gasteiger partial charge on any atom is -0.507 e. The van der Waals surface area contributed by atoms with Gasteiger partial charge in [0, 0.05) is 10.6 Å². The van der Waals surface area contributed by atoms with Crippen LogP contribution in [0.4, 0.5) is 5.13 Å². The number of aryl methyl sites for hydroxylation is 1. The van der Waals surface area contributed by atoms with Gasteiger partial charge in [0.15, 0.2) is 16.6 Å². The van der Waals surface area contributed by atoms with Crippen LogP contribution in [0.25, 0.3) is 16.0 Å². The molecular weight excluding hydrogens is 584 g/mol. The van der Waals surface area contributed by atoms with Gasteiger partial charge in [0.05, 0.1) is 28.4 Å². The first-order chi connectivity index (χ1) is 20.8. The number of ether oxygens (including phenoxy) is 2. The van der Waals surface area contributed by atoms with Gasteiger partial charge in [-0.25, -0.2) is 4.98 Å². The van der Waals surface area contributed by atoms with Crippen molar-refractivity contribution in [1.29, 1.82) is 0 Å². The molecule has 6 rings (SSSR count). The van der Waals surface area contributed by atoms with Crippen LogP contribution in [0, 0.1) is 6.92 Å². The lowest BCUT2D eigenvalue weighted by Crippen LogP contribution is -2.29. The van der Waals surface area contributed by atoms with Crippen molar-refractivity contribution in [2.24, 2.45) is 0 Å². The molecular formula is C34H27ClN2O5S. The number of ketones is 1. The number of anilines is 1. The van der Waals surface area contributed by atoms with Crippen molar-refractivity contribution in [3.05, 3.63) is 124 Å². The summed E-state index contributed by atoms with van der Waals surface area (Å²) in [5.74, 6) is -0.928. The van der Waals surface area contributed by atoms with Gasteiger partial charge in [0.1, 0.15) is 12.4 Å². The summed E-state index contributed by atoms with van der Waals surface area (Å²) < 4.78 is 12.9. The molecule has 1 atom stereocenters. The smallest absolute Gasteiger partial charge is 0.301 e. The van der Waals surface area contributed by atoms with Gasteiger partial charge in [-0.3, -0.25) is 14.5 Å². The fourth-order valence-electron chi connectivity index (χ4n) is 5.05. The van der Waals surface area contributed by atoms with Crippen molar-refractivity contribution in [2.75, 3.05) is 11.5 Å². The van der Waals surface area contributed by atoms with E-state index in [1.54, 1.807) is 42.5 Å². The number of amides is 1. The number of Topliss-reactive ketones (excluding diaryl/α,β-unsaturated/α-hetero) is 1. The van der Waals surface area contributed by atoms with Crippen molar-refractivity contribution in [1.82, 2.24) is 4.98 Å². The molecule has 1 amide bonds. The Labute approximate surface area is 257 Å². The molecule has 1 unspecified atom stereocenters. The maximum atomic E-state index is 13.7. The molecule has 5 aromatic rings.